The minimum Gasteiger partial charge on any atom is -0.294 e. The number of rotatable bonds is 2. The molecule has 4 unspecified atom stereocenters. The first-order valence-electron chi connectivity index (χ1n) is 8.46. The Morgan fingerprint density at radius 2 is 2.14 bits per heavy atom. The maximum atomic E-state index is 12.9. The van der Waals surface area contributed by atoms with Crippen LogP contribution in [0.1, 0.15) is 66.9 Å². The first kappa shape index (κ1) is 13.3. The molecule has 1 aromatic carbocycles. The molecule has 1 spiro atoms. The second-order valence-corrected chi connectivity index (χ2v) is 7.52. The fraction of sp³-hybridized carbons (Fsp3) is 0.550. The zero-order valence-electron chi connectivity index (χ0n) is 13.1. The molecule has 0 amide bonds. The average Bonchev–Trinajstić information content (AvgIpc) is 3.06. The van der Waals surface area contributed by atoms with Crippen LogP contribution < -0.4 is 0 Å². The Morgan fingerprint density at radius 1 is 1.29 bits per heavy atom. The third-order valence-corrected chi connectivity index (χ3v) is 6.29. The van der Waals surface area contributed by atoms with Crippen LogP contribution in [0.15, 0.2) is 30.4 Å². The predicted molar refractivity (Wildman–Crippen MR) is 85.6 cm³/mol. The van der Waals surface area contributed by atoms with E-state index in [2.05, 4.69) is 44.2 Å². The molecule has 110 valence electrons. The van der Waals surface area contributed by atoms with E-state index in [0.717, 1.165) is 30.7 Å². The monoisotopic (exact) mass is 280 g/mol. The van der Waals surface area contributed by atoms with Crippen molar-refractivity contribution in [1.82, 2.24) is 0 Å². The van der Waals surface area contributed by atoms with Gasteiger partial charge in [0.05, 0.1) is 0 Å². The molecule has 2 bridgehead atoms. The van der Waals surface area contributed by atoms with Crippen molar-refractivity contribution in [2.75, 3.05) is 0 Å². The van der Waals surface area contributed by atoms with Crippen LogP contribution in [0.3, 0.4) is 0 Å². The topological polar surface area (TPSA) is 17.1 Å². The van der Waals surface area contributed by atoms with Crippen molar-refractivity contribution in [3.05, 3.63) is 47.0 Å². The Kier molecular flexibility index (Phi) is 2.89. The normalized spacial score (nSPS) is 34.5. The van der Waals surface area contributed by atoms with E-state index in [0.29, 0.717) is 17.6 Å². The van der Waals surface area contributed by atoms with Gasteiger partial charge in [0, 0.05) is 12.0 Å². The largest absolute Gasteiger partial charge is 0.294 e. The zero-order valence-corrected chi connectivity index (χ0v) is 13.1. The quantitative estimate of drug-likeness (QED) is 0.703. The maximum Gasteiger partial charge on any atom is 0.164 e. The van der Waals surface area contributed by atoms with Gasteiger partial charge < -0.3 is 0 Å². The summed E-state index contributed by atoms with van der Waals surface area (Å²) in [5, 5.41) is 0. The van der Waals surface area contributed by atoms with Crippen molar-refractivity contribution in [2.45, 2.75) is 51.9 Å². The van der Waals surface area contributed by atoms with Gasteiger partial charge in [0.15, 0.2) is 5.78 Å². The number of carbonyl (C=O) groups excluding carboxylic acids is 1. The molecule has 0 saturated heterocycles. The van der Waals surface area contributed by atoms with Gasteiger partial charge in [0.1, 0.15) is 0 Å². The first-order valence-corrected chi connectivity index (χ1v) is 8.46. The van der Waals surface area contributed by atoms with Gasteiger partial charge in [0.2, 0.25) is 0 Å². The van der Waals surface area contributed by atoms with Crippen molar-refractivity contribution in [3.8, 4) is 0 Å². The molecule has 4 atom stereocenters. The highest BCUT2D eigenvalue weighted by molar-refractivity contribution is 6.00. The highest BCUT2D eigenvalue weighted by Gasteiger charge is 2.51. The predicted octanol–water partition coefficient (Wildman–Crippen LogP) is 4.91. The summed E-state index contributed by atoms with van der Waals surface area (Å²) in [6.45, 7) is 4.45. The van der Waals surface area contributed by atoms with Crippen LogP contribution in [0.4, 0.5) is 0 Å². The van der Waals surface area contributed by atoms with Gasteiger partial charge in [-0.3, -0.25) is 4.79 Å². The standard InChI is InChI=1S/C20H24O/c1-3-13(2)17-6-4-5-15-11-20(12-18(21)19(15)17)10-14-7-8-16(20)9-14/h4-8,13-14,16H,3,9-12H2,1-2H3. The van der Waals surface area contributed by atoms with Crippen molar-refractivity contribution < 1.29 is 4.79 Å². The van der Waals surface area contributed by atoms with Crippen LogP contribution >= 0.6 is 0 Å². The summed E-state index contributed by atoms with van der Waals surface area (Å²) in [5.41, 5.74) is 3.93. The molecular formula is C20H24O. The summed E-state index contributed by atoms with van der Waals surface area (Å²) < 4.78 is 0. The highest BCUT2D eigenvalue weighted by atomic mass is 16.1. The zero-order chi connectivity index (χ0) is 14.6. The molecule has 1 saturated carbocycles. The molecule has 1 aromatic rings. The smallest absolute Gasteiger partial charge is 0.164 e. The number of fused-ring (bicyclic) bond motifs is 4. The van der Waals surface area contributed by atoms with Crippen molar-refractivity contribution in [3.63, 3.8) is 0 Å². The van der Waals surface area contributed by atoms with E-state index in [1.807, 2.05) is 0 Å². The molecule has 0 aromatic heterocycles. The van der Waals surface area contributed by atoms with Crippen LogP contribution in [0.2, 0.25) is 0 Å². The lowest BCUT2D eigenvalue weighted by molar-refractivity contribution is 0.0846. The molecule has 3 aliphatic rings. The van der Waals surface area contributed by atoms with E-state index >= 15 is 0 Å². The minimum absolute atomic E-state index is 0.248. The maximum absolute atomic E-state index is 12.9. The molecule has 1 fully saturated rings. The number of ketones is 1. The second kappa shape index (κ2) is 4.56. The van der Waals surface area contributed by atoms with Crippen LogP contribution in [-0.4, -0.2) is 5.78 Å². The van der Waals surface area contributed by atoms with Crippen molar-refractivity contribution in [2.24, 2.45) is 17.3 Å². The minimum atomic E-state index is 0.248. The van der Waals surface area contributed by atoms with Gasteiger partial charge in [0.25, 0.3) is 0 Å². The van der Waals surface area contributed by atoms with E-state index in [-0.39, 0.29) is 5.41 Å². The molecule has 3 aliphatic carbocycles. The average molecular weight is 280 g/mol. The third kappa shape index (κ3) is 1.86. The van der Waals surface area contributed by atoms with E-state index in [1.165, 1.54) is 24.0 Å². The van der Waals surface area contributed by atoms with Crippen LogP contribution in [0.25, 0.3) is 0 Å². The number of hydrogen-bond donors (Lipinski definition) is 0. The molecule has 1 nitrogen and oxygen atoms in total. The van der Waals surface area contributed by atoms with Crippen LogP contribution in [-0.2, 0) is 6.42 Å². The highest BCUT2D eigenvalue weighted by Crippen LogP contribution is 2.58. The van der Waals surface area contributed by atoms with Crippen molar-refractivity contribution in [1.29, 1.82) is 0 Å². The molecule has 0 heterocycles. The Bertz CT molecular complexity index is 627. The number of Topliss-reactive ketones (excluding diaryl/α,β-unsaturated/α-hetero) is 1. The molecule has 0 radical (unpaired) electrons. The fourth-order valence-electron chi connectivity index (χ4n) is 5.05. The third-order valence-electron chi connectivity index (χ3n) is 6.29. The molecule has 21 heavy (non-hydrogen) atoms. The SMILES string of the molecule is CCC(C)c1cccc2c1C(=O)CC1(C2)CC2C=CC1C2. The Morgan fingerprint density at radius 3 is 2.81 bits per heavy atom. The van der Waals surface area contributed by atoms with Gasteiger partial charge in [-0.2, -0.15) is 0 Å². The Hall–Kier alpha value is -1.37. The summed E-state index contributed by atoms with van der Waals surface area (Å²) in [5.74, 6) is 2.28. The summed E-state index contributed by atoms with van der Waals surface area (Å²) in [4.78, 5) is 12.9. The summed E-state index contributed by atoms with van der Waals surface area (Å²) in [6.07, 6.45) is 10.3. The fourth-order valence-corrected chi connectivity index (χ4v) is 5.05. The number of hydrogen-bond acceptors (Lipinski definition) is 1. The van der Waals surface area contributed by atoms with Crippen molar-refractivity contribution >= 4 is 5.78 Å². The van der Waals surface area contributed by atoms with Gasteiger partial charge in [-0.25, -0.2) is 0 Å². The van der Waals surface area contributed by atoms with E-state index in [4.69, 9.17) is 0 Å². The number of allylic oxidation sites excluding steroid dienone is 2. The second-order valence-electron chi connectivity index (χ2n) is 7.52. The van der Waals surface area contributed by atoms with E-state index in [9.17, 15) is 4.79 Å². The Labute approximate surface area is 127 Å². The van der Waals surface area contributed by atoms with Gasteiger partial charge >= 0.3 is 0 Å². The summed E-state index contributed by atoms with van der Waals surface area (Å²) in [6, 6.07) is 6.54. The van der Waals surface area contributed by atoms with E-state index < -0.39 is 0 Å². The molecule has 4 rings (SSSR count). The lowest BCUT2D eigenvalue weighted by Gasteiger charge is -2.40. The molecule has 0 N–H and O–H groups in total. The first-order chi connectivity index (χ1) is 10.1. The summed E-state index contributed by atoms with van der Waals surface area (Å²) >= 11 is 0. The number of benzene rings is 1. The lowest BCUT2D eigenvalue weighted by Crippen LogP contribution is -2.36. The van der Waals surface area contributed by atoms with Crippen LogP contribution in [0, 0.1) is 17.3 Å². The lowest BCUT2D eigenvalue weighted by atomic mass is 9.63. The Balaban J connectivity index is 1.77. The van der Waals surface area contributed by atoms with Gasteiger partial charge in [-0.1, -0.05) is 44.2 Å². The molecule has 0 aliphatic heterocycles. The van der Waals surface area contributed by atoms with Crippen LogP contribution in [0.5, 0.6) is 0 Å². The molecule has 1 heteroatoms. The molecular weight excluding hydrogens is 256 g/mol. The van der Waals surface area contributed by atoms with Gasteiger partial charge in [-0.15, -0.1) is 0 Å². The van der Waals surface area contributed by atoms with Gasteiger partial charge in [-0.05, 0) is 60.0 Å². The number of carbonyl (C=O) groups is 1. The van der Waals surface area contributed by atoms with E-state index in [1.54, 1.807) is 0 Å². The summed E-state index contributed by atoms with van der Waals surface area (Å²) in [7, 11) is 0.